The number of hydrogen-bond donors (Lipinski definition) is 3. The third kappa shape index (κ3) is 46.9. The van der Waals surface area contributed by atoms with Crippen LogP contribution in [0.3, 0.4) is 0 Å². The van der Waals surface area contributed by atoms with Crippen molar-refractivity contribution in [1.29, 1.82) is 0 Å². The van der Waals surface area contributed by atoms with E-state index in [1.54, 1.807) is 0 Å². The number of amides is 1. The van der Waals surface area contributed by atoms with Crippen LogP contribution >= 0.6 is 7.82 Å². The Hall–Kier alpha value is -3.10. The largest absolute Gasteiger partial charge is 0.472 e. The molecular formula is C55H94N2O6P+. The van der Waals surface area contributed by atoms with Gasteiger partial charge in [-0.3, -0.25) is 13.8 Å². The second-order valence-corrected chi connectivity index (χ2v) is 18.9. The predicted octanol–water partition coefficient (Wildman–Crippen LogP) is 14.6. The summed E-state index contributed by atoms with van der Waals surface area (Å²) in [5, 5.41) is 13.9. The van der Waals surface area contributed by atoms with Gasteiger partial charge in [-0.1, -0.05) is 193 Å². The zero-order valence-corrected chi connectivity index (χ0v) is 42.1. The second-order valence-electron chi connectivity index (χ2n) is 17.5. The Morgan fingerprint density at radius 3 is 1.34 bits per heavy atom. The average molecular weight is 910 g/mol. The number of nitrogens with zero attached hydrogens (tertiary/aromatic N) is 1. The summed E-state index contributed by atoms with van der Waals surface area (Å²) < 4.78 is 23.6. The van der Waals surface area contributed by atoms with Crippen LogP contribution in [0.15, 0.2) is 122 Å². The summed E-state index contributed by atoms with van der Waals surface area (Å²) in [5.41, 5.74) is 0. The number of allylic oxidation sites excluding steroid dienone is 20. The van der Waals surface area contributed by atoms with E-state index in [9.17, 15) is 19.4 Å². The lowest BCUT2D eigenvalue weighted by Gasteiger charge is -2.26. The molecule has 0 aromatic heterocycles. The first-order chi connectivity index (χ1) is 31.0. The molecule has 0 aromatic rings. The van der Waals surface area contributed by atoms with E-state index in [4.69, 9.17) is 9.05 Å². The number of hydrogen-bond acceptors (Lipinski definition) is 5. The number of quaternary nitrogens is 1. The first-order valence-corrected chi connectivity index (χ1v) is 26.4. The second kappa shape index (κ2) is 45.1. The molecule has 0 aliphatic heterocycles. The number of aliphatic hydroxyl groups excluding tert-OH is 1. The fourth-order valence-electron chi connectivity index (χ4n) is 6.31. The molecule has 0 spiro atoms. The maximum absolute atomic E-state index is 12.9. The van der Waals surface area contributed by atoms with Crippen LogP contribution in [0.4, 0.5) is 0 Å². The molecule has 0 aliphatic carbocycles. The topological polar surface area (TPSA) is 105 Å². The standard InChI is InChI=1S/C55H93N2O6P/c1-6-8-10-12-14-16-17-18-19-20-21-22-23-24-25-26-27-28-29-30-31-32-33-34-35-36-37-38-39-41-43-45-47-49-55(59)56-53(52-63-64(60,61)62-51-50-57(3,4)5)54(58)48-46-44-42-40-15-13-11-9-7-2/h8,10,14,16,18-19,21-22,24-25,27-28,30-31,33-34,36-37,39,41,53-54,58H,6-7,9,11-13,15,17,20,23,26,29,32,35,38,40,42-52H2,1-5H3,(H-,56,59,60,61)/p+1/b10-8-,16-14-,19-18-,22-21-,25-24-,28-27-,31-30-,34-33-,37-36-,41-39-. The van der Waals surface area contributed by atoms with E-state index in [2.05, 4.69) is 141 Å². The van der Waals surface area contributed by atoms with Crippen LogP contribution in [0.1, 0.15) is 168 Å². The molecule has 0 fully saturated rings. The van der Waals surface area contributed by atoms with Gasteiger partial charge in [-0.15, -0.1) is 0 Å². The van der Waals surface area contributed by atoms with Crippen LogP contribution in [-0.4, -0.2) is 73.4 Å². The lowest BCUT2D eigenvalue weighted by molar-refractivity contribution is -0.870. The third-order valence-electron chi connectivity index (χ3n) is 10.2. The SMILES string of the molecule is CC/C=C\C/C=C\C/C=C\C/C=C\C/C=C\C/C=C\C/C=C\C/C=C\C/C=C\C/C=C\CCCCC(=O)NC(COP(=O)(O)OCC[N+](C)(C)C)C(O)CCCCCCCCCCC. The average Bonchev–Trinajstić information content (AvgIpc) is 3.25. The molecule has 0 aromatic carbocycles. The van der Waals surface area contributed by atoms with Crippen molar-refractivity contribution in [1.82, 2.24) is 5.32 Å². The van der Waals surface area contributed by atoms with Gasteiger partial charge in [0, 0.05) is 6.42 Å². The van der Waals surface area contributed by atoms with Crippen LogP contribution in [0.25, 0.3) is 0 Å². The minimum atomic E-state index is -4.33. The number of unbranched alkanes of at least 4 members (excludes halogenated alkanes) is 10. The van der Waals surface area contributed by atoms with Crippen molar-refractivity contribution in [3.8, 4) is 0 Å². The van der Waals surface area contributed by atoms with Gasteiger partial charge in [-0.2, -0.15) is 0 Å². The van der Waals surface area contributed by atoms with Crippen molar-refractivity contribution in [2.24, 2.45) is 0 Å². The molecule has 64 heavy (non-hydrogen) atoms. The van der Waals surface area contributed by atoms with Gasteiger partial charge in [-0.05, 0) is 89.9 Å². The summed E-state index contributed by atoms with van der Waals surface area (Å²) in [6.45, 7) is 4.68. The molecule has 0 radical (unpaired) electrons. The van der Waals surface area contributed by atoms with Crippen molar-refractivity contribution >= 4 is 13.7 Å². The van der Waals surface area contributed by atoms with Gasteiger partial charge >= 0.3 is 7.82 Å². The van der Waals surface area contributed by atoms with Gasteiger partial charge in [0.05, 0.1) is 39.9 Å². The fourth-order valence-corrected chi connectivity index (χ4v) is 7.04. The van der Waals surface area contributed by atoms with E-state index in [1.807, 2.05) is 21.1 Å². The molecule has 1 amide bonds. The molecule has 0 heterocycles. The van der Waals surface area contributed by atoms with Crippen molar-refractivity contribution in [3.63, 3.8) is 0 Å². The zero-order valence-electron chi connectivity index (χ0n) is 41.2. The molecule has 0 aliphatic rings. The Morgan fingerprint density at radius 1 is 0.547 bits per heavy atom. The van der Waals surface area contributed by atoms with E-state index in [-0.39, 0.29) is 19.1 Å². The molecular weight excluding hydrogens is 816 g/mol. The molecule has 364 valence electrons. The van der Waals surface area contributed by atoms with Crippen molar-refractivity contribution in [2.45, 2.75) is 180 Å². The molecule has 0 saturated carbocycles. The summed E-state index contributed by atoms with van der Waals surface area (Å²) >= 11 is 0. The minimum absolute atomic E-state index is 0.0587. The molecule has 3 unspecified atom stereocenters. The molecule has 0 rings (SSSR count). The van der Waals surface area contributed by atoms with Crippen LogP contribution < -0.4 is 5.32 Å². The summed E-state index contributed by atoms with van der Waals surface area (Å²) in [6.07, 6.45) is 66.8. The van der Waals surface area contributed by atoms with Crippen molar-refractivity contribution < 1.29 is 32.9 Å². The maximum atomic E-state index is 12.9. The number of carbonyl (C=O) groups excluding carboxylic acids is 1. The van der Waals surface area contributed by atoms with Crippen LogP contribution in [0.5, 0.6) is 0 Å². The number of rotatable bonds is 43. The van der Waals surface area contributed by atoms with E-state index in [0.717, 1.165) is 96.3 Å². The molecule has 8 nitrogen and oxygen atoms in total. The van der Waals surface area contributed by atoms with E-state index in [1.165, 1.54) is 38.5 Å². The zero-order chi connectivity index (χ0) is 47.1. The fraction of sp³-hybridized carbons (Fsp3) is 0.618. The quantitative estimate of drug-likeness (QED) is 0.0244. The number of phosphoric acid groups is 1. The summed E-state index contributed by atoms with van der Waals surface area (Å²) in [7, 11) is 1.56. The number of aliphatic hydroxyl groups is 1. The van der Waals surface area contributed by atoms with E-state index < -0.39 is 20.0 Å². The van der Waals surface area contributed by atoms with Gasteiger partial charge in [0.2, 0.25) is 5.91 Å². The molecule has 9 heteroatoms. The van der Waals surface area contributed by atoms with Gasteiger partial charge < -0.3 is 19.8 Å². The number of nitrogens with one attached hydrogen (secondary N) is 1. The van der Waals surface area contributed by atoms with Crippen molar-refractivity contribution in [2.75, 3.05) is 40.9 Å². The molecule has 3 atom stereocenters. The van der Waals surface area contributed by atoms with Crippen LogP contribution in [0.2, 0.25) is 0 Å². The first-order valence-electron chi connectivity index (χ1n) is 24.9. The summed E-state index contributed by atoms with van der Waals surface area (Å²) in [6, 6.07) is -0.791. The van der Waals surface area contributed by atoms with Crippen molar-refractivity contribution in [3.05, 3.63) is 122 Å². The number of carbonyl (C=O) groups is 1. The minimum Gasteiger partial charge on any atom is -0.391 e. The first kappa shape index (κ1) is 60.9. The van der Waals surface area contributed by atoms with Gasteiger partial charge in [-0.25, -0.2) is 4.57 Å². The Balaban J connectivity index is 4.25. The number of likely N-dealkylation sites (N-methyl/N-ethyl adjacent to an activating group) is 1. The van der Waals surface area contributed by atoms with Crippen LogP contribution in [-0.2, 0) is 18.4 Å². The number of phosphoric ester groups is 1. The normalized spacial score (nSPS) is 15.2. The third-order valence-corrected chi connectivity index (χ3v) is 11.2. The highest BCUT2D eigenvalue weighted by Gasteiger charge is 2.28. The highest BCUT2D eigenvalue weighted by molar-refractivity contribution is 7.47. The Morgan fingerprint density at radius 2 is 0.938 bits per heavy atom. The van der Waals surface area contributed by atoms with Crippen LogP contribution in [0, 0.1) is 0 Å². The van der Waals surface area contributed by atoms with Gasteiger partial charge in [0.1, 0.15) is 13.2 Å². The predicted molar refractivity (Wildman–Crippen MR) is 276 cm³/mol. The lowest BCUT2D eigenvalue weighted by Crippen LogP contribution is -2.46. The van der Waals surface area contributed by atoms with Gasteiger partial charge in [0.25, 0.3) is 0 Å². The summed E-state index contributed by atoms with van der Waals surface area (Å²) in [4.78, 5) is 23.1. The molecule has 0 saturated heterocycles. The molecule has 3 N–H and O–H groups in total. The Bertz CT molecular complexity index is 1450. The Labute approximate surface area is 393 Å². The Kier molecular flexibility index (Phi) is 42.9. The van der Waals surface area contributed by atoms with Gasteiger partial charge in [0.15, 0.2) is 0 Å². The monoisotopic (exact) mass is 910 g/mol. The summed E-state index contributed by atoms with van der Waals surface area (Å²) in [5.74, 6) is -0.196. The van der Waals surface area contributed by atoms with E-state index in [0.29, 0.717) is 30.3 Å². The maximum Gasteiger partial charge on any atom is 0.472 e. The lowest BCUT2D eigenvalue weighted by atomic mass is 10.0. The highest BCUT2D eigenvalue weighted by atomic mass is 31.2. The van der Waals surface area contributed by atoms with E-state index >= 15 is 0 Å². The highest BCUT2D eigenvalue weighted by Crippen LogP contribution is 2.43. The molecule has 0 bridgehead atoms. The smallest absolute Gasteiger partial charge is 0.391 e.